The number of nitrogens with one attached hydrogen (secondary N) is 1. The van der Waals surface area contributed by atoms with Crippen LogP contribution in [0.1, 0.15) is 15.5 Å². The van der Waals surface area contributed by atoms with Crippen molar-refractivity contribution in [3.63, 3.8) is 0 Å². The average molecular weight is 358 g/mol. The highest BCUT2D eigenvalue weighted by molar-refractivity contribution is 7.09. The number of hydrogen-bond donors (Lipinski definition) is 1. The number of hydrogen-bond acceptors (Lipinski definition) is 7. The Morgan fingerprint density at radius 1 is 1.36 bits per heavy atom. The lowest BCUT2D eigenvalue weighted by molar-refractivity contribution is 0.0941. The molecule has 0 saturated carbocycles. The van der Waals surface area contributed by atoms with E-state index in [4.69, 9.17) is 4.74 Å². The number of aromatic nitrogens is 4. The molecule has 0 aromatic carbocycles. The van der Waals surface area contributed by atoms with E-state index in [-0.39, 0.29) is 11.7 Å². The smallest absolute Gasteiger partial charge is 0.289 e. The van der Waals surface area contributed by atoms with Crippen LogP contribution in [0.25, 0.3) is 11.0 Å². The summed E-state index contributed by atoms with van der Waals surface area (Å²) in [6, 6.07) is 3.94. The average Bonchev–Trinajstić information content (AvgIpc) is 3.30. The first kappa shape index (κ1) is 16.0. The topological polar surface area (TPSA) is 85.2 Å². The number of carbonyl (C=O) groups is 1. The number of fused-ring (bicyclic) bond motifs is 1. The van der Waals surface area contributed by atoms with Crippen molar-refractivity contribution in [1.29, 1.82) is 0 Å². The molecule has 0 atom stereocenters. The fourth-order valence-electron chi connectivity index (χ4n) is 2.78. The highest BCUT2D eigenvalue weighted by Gasteiger charge is 2.21. The lowest BCUT2D eigenvalue weighted by atomic mass is 10.3. The maximum absolute atomic E-state index is 12.5. The van der Waals surface area contributed by atoms with Crippen LogP contribution in [0.5, 0.6) is 0 Å². The third-order valence-electron chi connectivity index (χ3n) is 4.09. The quantitative estimate of drug-likeness (QED) is 0.754. The largest absolute Gasteiger partial charge is 0.378 e. The van der Waals surface area contributed by atoms with Gasteiger partial charge in [-0.25, -0.2) is 9.97 Å². The van der Waals surface area contributed by atoms with E-state index < -0.39 is 0 Å². The number of amides is 1. The van der Waals surface area contributed by atoms with Crippen molar-refractivity contribution in [2.24, 2.45) is 7.05 Å². The van der Waals surface area contributed by atoms with E-state index in [1.165, 1.54) is 0 Å². The van der Waals surface area contributed by atoms with Gasteiger partial charge in [0.25, 0.3) is 5.91 Å². The summed E-state index contributed by atoms with van der Waals surface area (Å²) in [5.74, 6) is 0.614. The molecule has 0 unspecified atom stereocenters. The number of aryl methyl sites for hydroxylation is 1. The summed E-state index contributed by atoms with van der Waals surface area (Å²) in [5, 5.41) is 9.97. The zero-order valence-corrected chi connectivity index (χ0v) is 14.6. The summed E-state index contributed by atoms with van der Waals surface area (Å²) >= 11 is 1.60. The number of morpholine rings is 1. The van der Waals surface area contributed by atoms with Gasteiger partial charge in [0.1, 0.15) is 5.82 Å². The molecule has 1 saturated heterocycles. The number of nitrogens with zero attached hydrogens (tertiary/aromatic N) is 5. The second-order valence-corrected chi connectivity index (χ2v) is 6.77. The summed E-state index contributed by atoms with van der Waals surface area (Å²) in [5.41, 5.74) is 0.651. The van der Waals surface area contributed by atoms with Crippen LogP contribution < -0.4 is 10.2 Å². The minimum absolute atomic E-state index is 0.161. The van der Waals surface area contributed by atoms with Gasteiger partial charge < -0.3 is 15.0 Å². The molecule has 0 radical (unpaired) electrons. The van der Waals surface area contributed by atoms with Gasteiger partial charge in [-0.1, -0.05) is 6.07 Å². The third-order valence-corrected chi connectivity index (χ3v) is 4.97. The van der Waals surface area contributed by atoms with Crippen LogP contribution >= 0.6 is 11.3 Å². The molecule has 8 nitrogen and oxygen atoms in total. The SMILES string of the molecule is Cn1ncc2c(N3CCOCC3)nc(C(=O)NCc3cccs3)nc21. The Morgan fingerprint density at radius 3 is 2.96 bits per heavy atom. The van der Waals surface area contributed by atoms with Crippen molar-refractivity contribution in [2.45, 2.75) is 6.54 Å². The van der Waals surface area contributed by atoms with Crippen molar-refractivity contribution in [2.75, 3.05) is 31.2 Å². The van der Waals surface area contributed by atoms with E-state index >= 15 is 0 Å². The fourth-order valence-corrected chi connectivity index (χ4v) is 3.43. The van der Waals surface area contributed by atoms with Crippen molar-refractivity contribution in [3.8, 4) is 0 Å². The van der Waals surface area contributed by atoms with Crippen LogP contribution in [0.3, 0.4) is 0 Å². The van der Waals surface area contributed by atoms with Crippen molar-refractivity contribution in [3.05, 3.63) is 34.4 Å². The van der Waals surface area contributed by atoms with E-state index in [1.54, 1.807) is 22.2 Å². The predicted octanol–water partition coefficient (Wildman–Crippen LogP) is 1.19. The Labute approximate surface area is 148 Å². The Balaban J connectivity index is 1.66. The van der Waals surface area contributed by atoms with Gasteiger partial charge >= 0.3 is 0 Å². The zero-order chi connectivity index (χ0) is 17.2. The van der Waals surface area contributed by atoms with Crippen LogP contribution in [-0.4, -0.2) is 52.0 Å². The van der Waals surface area contributed by atoms with Crippen LogP contribution in [0.4, 0.5) is 5.82 Å². The van der Waals surface area contributed by atoms with Crippen molar-refractivity contribution < 1.29 is 9.53 Å². The summed E-state index contributed by atoms with van der Waals surface area (Å²) in [6.45, 7) is 3.22. The zero-order valence-electron chi connectivity index (χ0n) is 13.8. The molecule has 3 aromatic rings. The third kappa shape index (κ3) is 3.20. The van der Waals surface area contributed by atoms with E-state index in [0.717, 1.165) is 29.2 Å². The normalized spacial score (nSPS) is 14.8. The van der Waals surface area contributed by atoms with Crippen molar-refractivity contribution >= 4 is 34.1 Å². The first-order valence-corrected chi connectivity index (χ1v) is 8.93. The number of rotatable bonds is 4. The molecule has 1 amide bonds. The van der Waals surface area contributed by atoms with Gasteiger partial charge in [0.05, 0.1) is 31.3 Å². The molecule has 1 fully saturated rings. The summed E-state index contributed by atoms with van der Waals surface area (Å²) in [4.78, 5) is 24.7. The van der Waals surface area contributed by atoms with Crippen LogP contribution in [0, 0.1) is 0 Å². The molecule has 4 rings (SSSR count). The second-order valence-electron chi connectivity index (χ2n) is 5.74. The van der Waals surface area contributed by atoms with Gasteiger partial charge in [-0.15, -0.1) is 11.3 Å². The summed E-state index contributed by atoms with van der Waals surface area (Å²) < 4.78 is 7.08. The molecule has 130 valence electrons. The molecule has 25 heavy (non-hydrogen) atoms. The summed E-state index contributed by atoms with van der Waals surface area (Å²) in [6.07, 6.45) is 1.74. The van der Waals surface area contributed by atoms with E-state index in [1.807, 2.05) is 24.6 Å². The van der Waals surface area contributed by atoms with Gasteiger partial charge in [0, 0.05) is 25.0 Å². The van der Waals surface area contributed by atoms with E-state index in [9.17, 15) is 4.79 Å². The van der Waals surface area contributed by atoms with Gasteiger partial charge in [0.2, 0.25) is 5.82 Å². The Bertz CT molecular complexity index is 886. The van der Waals surface area contributed by atoms with Gasteiger partial charge in [-0.05, 0) is 11.4 Å². The second kappa shape index (κ2) is 6.77. The molecule has 1 aliphatic heterocycles. The van der Waals surface area contributed by atoms with Gasteiger partial charge in [-0.2, -0.15) is 5.10 Å². The minimum Gasteiger partial charge on any atom is -0.378 e. The number of ether oxygens (including phenoxy) is 1. The first-order valence-electron chi connectivity index (χ1n) is 8.05. The predicted molar refractivity (Wildman–Crippen MR) is 94.8 cm³/mol. The monoisotopic (exact) mass is 358 g/mol. The highest BCUT2D eigenvalue weighted by Crippen LogP contribution is 2.24. The number of anilines is 1. The van der Waals surface area contributed by atoms with Crippen LogP contribution in [0.2, 0.25) is 0 Å². The summed E-state index contributed by atoms with van der Waals surface area (Å²) in [7, 11) is 1.81. The molecule has 3 aromatic heterocycles. The highest BCUT2D eigenvalue weighted by atomic mass is 32.1. The van der Waals surface area contributed by atoms with E-state index in [2.05, 4.69) is 25.3 Å². The number of thiophene rings is 1. The Kier molecular flexibility index (Phi) is 4.33. The van der Waals surface area contributed by atoms with Crippen molar-refractivity contribution in [1.82, 2.24) is 25.1 Å². The molecule has 9 heteroatoms. The van der Waals surface area contributed by atoms with Crippen LogP contribution in [0.15, 0.2) is 23.7 Å². The Hall–Kier alpha value is -2.52. The molecule has 1 aliphatic rings. The lowest BCUT2D eigenvalue weighted by Crippen LogP contribution is -2.37. The fraction of sp³-hybridized carbons (Fsp3) is 0.375. The van der Waals surface area contributed by atoms with E-state index in [0.29, 0.717) is 25.4 Å². The lowest BCUT2D eigenvalue weighted by Gasteiger charge is -2.28. The molecule has 4 heterocycles. The molecule has 0 spiro atoms. The van der Waals surface area contributed by atoms with Gasteiger partial charge in [-0.3, -0.25) is 9.48 Å². The van der Waals surface area contributed by atoms with Gasteiger partial charge in [0.15, 0.2) is 5.65 Å². The molecule has 0 aliphatic carbocycles. The molecule has 0 bridgehead atoms. The molecular formula is C16H18N6O2S. The standard InChI is InChI=1S/C16H18N6O2S/c1-21-14-12(10-18-21)15(22-4-6-24-7-5-22)20-13(19-14)16(23)17-9-11-3-2-8-25-11/h2-3,8,10H,4-7,9H2,1H3,(H,17,23). The van der Waals surface area contributed by atoms with Crippen LogP contribution in [-0.2, 0) is 18.3 Å². The molecular weight excluding hydrogens is 340 g/mol. The maximum atomic E-state index is 12.5. The minimum atomic E-state index is -0.286. The Morgan fingerprint density at radius 2 is 2.20 bits per heavy atom. The first-order chi connectivity index (χ1) is 12.2. The molecule has 1 N–H and O–H groups in total. The maximum Gasteiger partial charge on any atom is 0.289 e. The number of carbonyl (C=O) groups excluding carboxylic acids is 1.